The van der Waals surface area contributed by atoms with Crippen LogP contribution >= 0.6 is 0 Å². The Labute approximate surface area is 124 Å². The second kappa shape index (κ2) is 4.88. The summed E-state index contributed by atoms with van der Waals surface area (Å²) >= 11 is 0. The van der Waals surface area contributed by atoms with Crippen LogP contribution in [0.4, 0.5) is 5.82 Å². The van der Waals surface area contributed by atoms with Crippen molar-refractivity contribution in [3.8, 4) is 0 Å². The molecule has 4 nitrogen and oxygen atoms in total. The maximum absolute atomic E-state index is 12.1. The van der Waals surface area contributed by atoms with E-state index in [-0.39, 0.29) is 12.0 Å². The zero-order valence-corrected chi connectivity index (χ0v) is 12.4. The molecule has 0 unspecified atom stereocenters. The van der Waals surface area contributed by atoms with E-state index < -0.39 is 5.60 Å². The van der Waals surface area contributed by atoms with Gasteiger partial charge in [-0.15, -0.1) is 0 Å². The number of nitrogens with zero attached hydrogens (tertiary/aromatic N) is 1. The van der Waals surface area contributed by atoms with Gasteiger partial charge in [0.1, 0.15) is 17.0 Å². The summed E-state index contributed by atoms with van der Waals surface area (Å²) in [5.41, 5.74) is 1.97. The lowest BCUT2D eigenvalue weighted by Crippen LogP contribution is -2.16. The van der Waals surface area contributed by atoms with Gasteiger partial charge in [0, 0.05) is 17.8 Å². The van der Waals surface area contributed by atoms with Gasteiger partial charge < -0.3 is 10.1 Å². The van der Waals surface area contributed by atoms with Gasteiger partial charge in [-0.05, 0) is 32.4 Å². The van der Waals surface area contributed by atoms with Gasteiger partial charge in [-0.2, -0.15) is 0 Å². The summed E-state index contributed by atoms with van der Waals surface area (Å²) in [5, 5.41) is 3.31. The van der Waals surface area contributed by atoms with Crippen LogP contribution in [0.1, 0.15) is 48.3 Å². The third kappa shape index (κ3) is 2.37. The summed E-state index contributed by atoms with van der Waals surface area (Å²) < 4.78 is 5.43. The first-order chi connectivity index (χ1) is 9.99. The van der Waals surface area contributed by atoms with Crippen molar-refractivity contribution in [2.24, 2.45) is 0 Å². The molecule has 108 valence electrons. The number of anilines is 1. The molecule has 21 heavy (non-hydrogen) atoms. The van der Waals surface area contributed by atoms with Crippen molar-refractivity contribution in [3.05, 3.63) is 59.3 Å². The van der Waals surface area contributed by atoms with Gasteiger partial charge in [0.2, 0.25) is 0 Å². The molecule has 1 aliphatic heterocycles. The molecule has 0 bridgehead atoms. The molecule has 3 rings (SSSR count). The number of ether oxygens (including phenoxy) is 1. The standard InChI is InChI=1S/C17H18N2O2/c1-11(12-7-5-4-6-8-12)19-15-14-13(9-10-18-15)17(2,3)21-16(14)20/h4-11H,1-3H3,(H,18,19)/t11-/m1/s1. The molecule has 1 atom stereocenters. The summed E-state index contributed by atoms with van der Waals surface area (Å²) in [4.78, 5) is 16.4. The van der Waals surface area contributed by atoms with Crippen LogP contribution in [0.25, 0.3) is 0 Å². The maximum Gasteiger partial charge on any atom is 0.343 e. The summed E-state index contributed by atoms with van der Waals surface area (Å²) in [7, 11) is 0. The molecule has 0 saturated carbocycles. The number of carbonyl (C=O) groups excluding carboxylic acids is 1. The molecule has 0 spiro atoms. The molecule has 4 heteroatoms. The van der Waals surface area contributed by atoms with Gasteiger partial charge in [-0.25, -0.2) is 9.78 Å². The number of hydrogen-bond acceptors (Lipinski definition) is 4. The number of aromatic nitrogens is 1. The normalized spacial score (nSPS) is 17.0. The molecule has 1 aliphatic rings. The summed E-state index contributed by atoms with van der Waals surface area (Å²) in [6.07, 6.45) is 1.71. The molecule has 0 amide bonds. The molecule has 2 heterocycles. The second-order valence-electron chi connectivity index (χ2n) is 5.76. The molecule has 0 aliphatic carbocycles. The minimum absolute atomic E-state index is 0.0571. The smallest absolute Gasteiger partial charge is 0.343 e. The highest BCUT2D eigenvalue weighted by molar-refractivity contribution is 5.99. The molecular formula is C17H18N2O2. The van der Waals surface area contributed by atoms with Crippen molar-refractivity contribution in [1.82, 2.24) is 4.98 Å². The van der Waals surface area contributed by atoms with Gasteiger partial charge in [-0.1, -0.05) is 30.3 Å². The van der Waals surface area contributed by atoms with Crippen LogP contribution in [0.3, 0.4) is 0 Å². The average molecular weight is 282 g/mol. The van der Waals surface area contributed by atoms with Crippen LogP contribution in [-0.2, 0) is 10.3 Å². The van der Waals surface area contributed by atoms with Gasteiger partial charge in [0.15, 0.2) is 0 Å². The Kier molecular flexibility index (Phi) is 3.16. The van der Waals surface area contributed by atoms with E-state index in [4.69, 9.17) is 4.74 Å². The largest absolute Gasteiger partial charge is 0.451 e. The zero-order valence-electron chi connectivity index (χ0n) is 12.4. The molecule has 0 radical (unpaired) electrons. The zero-order chi connectivity index (χ0) is 15.0. The number of benzene rings is 1. The Balaban J connectivity index is 1.95. The van der Waals surface area contributed by atoms with Crippen molar-refractivity contribution in [1.29, 1.82) is 0 Å². The quantitative estimate of drug-likeness (QED) is 0.873. The van der Waals surface area contributed by atoms with Gasteiger partial charge >= 0.3 is 5.97 Å². The van der Waals surface area contributed by atoms with E-state index in [2.05, 4.69) is 10.3 Å². The highest BCUT2D eigenvalue weighted by Gasteiger charge is 2.40. The van der Waals surface area contributed by atoms with Crippen LogP contribution in [0.5, 0.6) is 0 Å². The summed E-state index contributed by atoms with van der Waals surface area (Å²) in [6.45, 7) is 5.82. The number of cyclic esters (lactones) is 1. The number of esters is 1. The van der Waals surface area contributed by atoms with Crippen molar-refractivity contribution >= 4 is 11.8 Å². The predicted octanol–water partition coefficient (Wildman–Crippen LogP) is 3.66. The van der Waals surface area contributed by atoms with E-state index in [1.807, 2.05) is 57.2 Å². The molecule has 2 aromatic rings. The number of rotatable bonds is 3. The van der Waals surface area contributed by atoms with Crippen molar-refractivity contribution < 1.29 is 9.53 Å². The second-order valence-corrected chi connectivity index (χ2v) is 5.76. The van der Waals surface area contributed by atoms with Crippen molar-refractivity contribution in [3.63, 3.8) is 0 Å². The highest BCUT2D eigenvalue weighted by Crippen LogP contribution is 2.38. The van der Waals surface area contributed by atoms with Gasteiger partial charge in [0.05, 0.1) is 0 Å². The highest BCUT2D eigenvalue weighted by atomic mass is 16.6. The average Bonchev–Trinajstić information content (AvgIpc) is 2.70. The lowest BCUT2D eigenvalue weighted by Gasteiger charge is -2.18. The Morgan fingerprint density at radius 3 is 2.62 bits per heavy atom. The third-order valence-corrected chi connectivity index (χ3v) is 3.80. The minimum Gasteiger partial charge on any atom is -0.451 e. The van der Waals surface area contributed by atoms with E-state index in [9.17, 15) is 4.79 Å². The fourth-order valence-corrected chi connectivity index (χ4v) is 2.65. The van der Waals surface area contributed by atoms with Crippen LogP contribution in [0.2, 0.25) is 0 Å². The number of fused-ring (bicyclic) bond motifs is 1. The monoisotopic (exact) mass is 282 g/mol. The lowest BCUT2D eigenvalue weighted by atomic mass is 9.97. The fourth-order valence-electron chi connectivity index (χ4n) is 2.65. The fraction of sp³-hybridized carbons (Fsp3) is 0.294. The Morgan fingerprint density at radius 2 is 1.90 bits per heavy atom. The number of nitrogens with one attached hydrogen (secondary N) is 1. The number of pyridine rings is 1. The van der Waals surface area contributed by atoms with Crippen LogP contribution < -0.4 is 5.32 Å². The van der Waals surface area contributed by atoms with Gasteiger partial charge in [0.25, 0.3) is 0 Å². The molecule has 1 aromatic heterocycles. The first-order valence-corrected chi connectivity index (χ1v) is 7.03. The number of carbonyl (C=O) groups is 1. The third-order valence-electron chi connectivity index (χ3n) is 3.80. The Hall–Kier alpha value is -2.36. The van der Waals surface area contributed by atoms with E-state index in [1.54, 1.807) is 6.20 Å². The lowest BCUT2D eigenvalue weighted by molar-refractivity contribution is 0.00958. The maximum atomic E-state index is 12.1. The molecule has 0 saturated heterocycles. The van der Waals surface area contributed by atoms with Crippen LogP contribution in [-0.4, -0.2) is 11.0 Å². The predicted molar refractivity (Wildman–Crippen MR) is 81.2 cm³/mol. The van der Waals surface area contributed by atoms with Crippen molar-refractivity contribution in [2.75, 3.05) is 5.32 Å². The van der Waals surface area contributed by atoms with E-state index >= 15 is 0 Å². The van der Waals surface area contributed by atoms with E-state index in [0.29, 0.717) is 11.4 Å². The molecule has 0 fully saturated rings. The molecular weight excluding hydrogens is 264 g/mol. The molecule has 1 aromatic carbocycles. The minimum atomic E-state index is -0.595. The first-order valence-electron chi connectivity index (χ1n) is 7.03. The number of hydrogen-bond donors (Lipinski definition) is 1. The van der Waals surface area contributed by atoms with E-state index in [1.165, 1.54) is 0 Å². The van der Waals surface area contributed by atoms with Gasteiger partial charge in [-0.3, -0.25) is 0 Å². The summed E-state index contributed by atoms with van der Waals surface area (Å²) in [6, 6.07) is 12.0. The van der Waals surface area contributed by atoms with Crippen molar-refractivity contribution in [2.45, 2.75) is 32.4 Å². The van der Waals surface area contributed by atoms with E-state index in [0.717, 1.165) is 11.1 Å². The Morgan fingerprint density at radius 1 is 1.19 bits per heavy atom. The van der Waals surface area contributed by atoms with Crippen LogP contribution in [0.15, 0.2) is 42.6 Å². The first kappa shape index (κ1) is 13.6. The summed E-state index contributed by atoms with van der Waals surface area (Å²) in [5.74, 6) is 0.269. The topological polar surface area (TPSA) is 51.2 Å². The Bertz CT molecular complexity index is 680. The van der Waals surface area contributed by atoms with Crippen LogP contribution in [0, 0.1) is 0 Å². The molecule has 1 N–H and O–H groups in total. The SMILES string of the molecule is C[C@@H](Nc1nccc2c1C(=O)OC2(C)C)c1ccccc1.